The monoisotopic (exact) mass is 487 g/mol. The van der Waals surface area contributed by atoms with Crippen LogP contribution in [0.4, 0.5) is 5.69 Å². The first kappa shape index (κ1) is 22.4. The normalized spacial score (nSPS) is 12.1. The van der Waals surface area contributed by atoms with Crippen LogP contribution in [0.25, 0.3) is 0 Å². The third-order valence-electron chi connectivity index (χ3n) is 5.57. The van der Waals surface area contributed by atoms with E-state index in [4.69, 9.17) is 25.8 Å². The smallest absolute Gasteiger partial charge is 0.318 e. The van der Waals surface area contributed by atoms with E-state index in [0.717, 1.165) is 16.7 Å². The van der Waals surface area contributed by atoms with Gasteiger partial charge >= 0.3 is 5.97 Å². The van der Waals surface area contributed by atoms with Crippen LogP contribution in [0.15, 0.2) is 91.0 Å². The molecule has 0 spiro atoms. The zero-order valence-corrected chi connectivity index (χ0v) is 19.0. The zero-order valence-electron chi connectivity index (χ0n) is 18.2. The van der Waals surface area contributed by atoms with E-state index in [1.165, 1.54) is 18.2 Å². The first-order chi connectivity index (χ1) is 17.0. The molecule has 7 nitrogen and oxygen atoms in total. The van der Waals surface area contributed by atoms with E-state index in [1.54, 1.807) is 24.3 Å². The van der Waals surface area contributed by atoms with E-state index in [0.29, 0.717) is 23.0 Å². The molecular formula is C27H18ClNO6. The van der Waals surface area contributed by atoms with Gasteiger partial charge < -0.3 is 14.2 Å². The van der Waals surface area contributed by atoms with Gasteiger partial charge in [-0.05, 0) is 35.9 Å². The Hall–Kier alpha value is -4.36. The van der Waals surface area contributed by atoms with Crippen LogP contribution in [-0.2, 0) is 16.1 Å². The second kappa shape index (κ2) is 9.48. The number of para-hydroxylation sites is 2. The molecule has 0 aliphatic carbocycles. The van der Waals surface area contributed by atoms with E-state index in [1.807, 2.05) is 48.5 Å². The van der Waals surface area contributed by atoms with Crippen LogP contribution in [0.2, 0.25) is 5.02 Å². The highest BCUT2D eigenvalue weighted by Gasteiger charge is 2.33. The third kappa shape index (κ3) is 4.67. The van der Waals surface area contributed by atoms with Crippen LogP contribution < -0.4 is 9.47 Å². The van der Waals surface area contributed by atoms with E-state index < -0.39 is 10.8 Å². The molecule has 0 radical (unpaired) electrons. The molecule has 0 saturated heterocycles. The molecule has 0 aromatic heterocycles. The highest BCUT2D eigenvalue weighted by atomic mass is 35.5. The Morgan fingerprint density at radius 1 is 0.914 bits per heavy atom. The summed E-state index contributed by atoms with van der Waals surface area (Å²) in [4.78, 5) is 23.5. The van der Waals surface area contributed by atoms with Crippen LogP contribution in [0.3, 0.4) is 0 Å². The van der Waals surface area contributed by atoms with Crippen LogP contribution >= 0.6 is 11.6 Å². The maximum Gasteiger partial charge on any atom is 0.318 e. The number of carbonyl (C=O) groups is 1. The number of hydrogen-bond donors (Lipinski definition) is 0. The van der Waals surface area contributed by atoms with Crippen molar-refractivity contribution in [2.24, 2.45) is 0 Å². The fourth-order valence-electron chi connectivity index (χ4n) is 3.87. The Bertz CT molecular complexity index is 1370. The molecule has 1 heterocycles. The number of rotatable bonds is 6. The van der Waals surface area contributed by atoms with Gasteiger partial charge in [0.2, 0.25) is 0 Å². The predicted molar refractivity (Wildman–Crippen MR) is 129 cm³/mol. The molecule has 0 N–H and O–H groups in total. The highest BCUT2D eigenvalue weighted by molar-refractivity contribution is 6.32. The molecule has 0 unspecified atom stereocenters. The number of hydrogen-bond acceptors (Lipinski definition) is 6. The molecule has 0 fully saturated rings. The maximum absolute atomic E-state index is 13.2. The molecule has 174 valence electrons. The Morgan fingerprint density at radius 2 is 1.54 bits per heavy atom. The number of fused-ring (bicyclic) bond motifs is 2. The Labute approximate surface area is 205 Å². The molecule has 5 rings (SSSR count). The fourth-order valence-corrected chi connectivity index (χ4v) is 4.08. The summed E-state index contributed by atoms with van der Waals surface area (Å²) in [7, 11) is 0. The number of nitro groups is 1. The van der Waals surface area contributed by atoms with Crippen LogP contribution in [0.1, 0.15) is 22.6 Å². The minimum Gasteiger partial charge on any atom is -0.460 e. The molecular weight excluding hydrogens is 470 g/mol. The standard InChI is InChI=1S/C27H18ClNO6/c28-22-15-18(29(31)32)11-14-25(22)34-19-12-9-17(10-13-19)16-33-27(30)26-20-5-1-3-7-23(20)35-24-8-4-2-6-21(24)26/h1-15,26H,16H2. The van der Waals surface area contributed by atoms with E-state index >= 15 is 0 Å². The number of nitro benzene ring substituents is 1. The van der Waals surface area contributed by atoms with E-state index in [2.05, 4.69) is 0 Å². The number of non-ortho nitro benzene ring substituents is 1. The lowest BCUT2D eigenvalue weighted by Gasteiger charge is -2.26. The molecule has 1 aliphatic rings. The van der Waals surface area contributed by atoms with E-state index in [-0.39, 0.29) is 23.3 Å². The van der Waals surface area contributed by atoms with Crippen molar-refractivity contribution < 1.29 is 23.9 Å². The summed E-state index contributed by atoms with van der Waals surface area (Å²) in [5.41, 5.74) is 2.18. The van der Waals surface area contributed by atoms with Gasteiger partial charge in [-0.2, -0.15) is 0 Å². The van der Waals surface area contributed by atoms with Crippen molar-refractivity contribution in [1.29, 1.82) is 0 Å². The van der Waals surface area contributed by atoms with Gasteiger partial charge in [0.1, 0.15) is 35.5 Å². The van der Waals surface area contributed by atoms with Crippen LogP contribution in [0.5, 0.6) is 23.0 Å². The summed E-state index contributed by atoms with van der Waals surface area (Å²) in [5, 5.41) is 11.0. The number of nitrogens with zero attached hydrogens (tertiary/aromatic N) is 1. The predicted octanol–water partition coefficient (Wildman–Crippen LogP) is 7.02. The van der Waals surface area contributed by atoms with Crippen molar-refractivity contribution in [3.8, 4) is 23.0 Å². The van der Waals surface area contributed by atoms with Crippen LogP contribution in [-0.4, -0.2) is 10.9 Å². The number of carbonyl (C=O) groups excluding carboxylic acids is 1. The molecule has 1 aliphatic heterocycles. The molecule has 35 heavy (non-hydrogen) atoms. The largest absolute Gasteiger partial charge is 0.460 e. The van der Waals surface area contributed by atoms with Gasteiger partial charge in [-0.1, -0.05) is 60.1 Å². The fraction of sp³-hybridized carbons (Fsp3) is 0.0741. The SMILES string of the molecule is O=C(OCc1ccc(Oc2ccc([N+](=O)[O-])cc2Cl)cc1)C1c2ccccc2Oc2ccccc21. The Balaban J connectivity index is 1.27. The average Bonchev–Trinajstić information content (AvgIpc) is 2.87. The minimum absolute atomic E-state index is 0.0824. The van der Waals surface area contributed by atoms with Gasteiger partial charge in [0.05, 0.1) is 9.95 Å². The lowest BCUT2D eigenvalue weighted by Crippen LogP contribution is -2.21. The van der Waals surface area contributed by atoms with Gasteiger partial charge in [0.15, 0.2) is 0 Å². The molecule has 0 atom stereocenters. The molecule has 4 aromatic rings. The first-order valence-corrected chi connectivity index (χ1v) is 11.1. The van der Waals surface area contributed by atoms with Crippen LogP contribution in [0, 0.1) is 10.1 Å². The van der Waals surface area contributed by atoms with Gasteiger partial charge in [-0.3, -0.25) is 14.9 Å². The summed E-state index contributed by atoms with van der Waals surface area (Å²) in [6, 6.07) is 25.8. The van der Waals surface area contributed by atoms with Gasteiger partial charge in [-0.15, -0.1) is 0 Å². The number of halogens is 1. The Morgan fingerprint density at radius 3 is 2.14 bits per heavy atom. The third-order valence-corrected chi connectivity index (χ3v) is 5.87. The lowest BCUT2D eigenvalue weighted by molar-refractivity contribution is -0.384. The van der Waals surface area contributed by atoms with Crippen molar-refractivity contribution >= 4 is 23.3 Å². The van der Waals surface area contributed by atoms with Crippen molar-refractivity contribution in [2.45, 2.75) is 12.5 Å². The summed E-state index contributed by atoms with van der Waals surface area (Å²) >= 11 is 6.09. The number of benzene rings is 4. The van der Waals surface area contributed by atoms with Gasteiger partial charge in [-0.25, -0.2) is 0 Å². The Kier molecular flexibility index (Phi) is 6.08. The molecule has 8 heteroatoms. The second-order valence-electron chi connectivity index (χ2n) is 7.84. The number of esters is 1. The van der Waals surface area contributed by atoms with Gasteiger partial charge in [0.25, 0.3) is 5.69 Å². The highest BCUT2D eigenvalue weighted by Crippen LogP contribution is 2.44. The molecule has 0 saturated carbocycles. The van der Waals surface area contributed by atoms with Gasteiger partial charge in [0, 0.05) is 23.3 Å². The number of ether oxygens (including phenoxy) is 3. The summed E-state index contributed by atoms with van der Waals surface area (Å²) in [6.07, 6.45) is 0. The molecule has 4 aromatic carbocycles. The first-order valence-electron chi connectivity index (χ1n) is 10.7. The lowest BCUT2D eigenvalue weighted by atomic mass is 9.88. The maximum atomic E-state index is 13.2. The van der Waals surface area contributed by atoms with E-state index in [9.17, 15) is 14.9 Å². The van der Waals surface area contributed by atoms with Crippen molar-refractivity contribution in [2.75, 3.05) is 0 Å². The quantitative estimate of drug-likeness (QED) is 0.165. The summed E-state index contributed by atoms with van der Waals surface area (Å²) in [6.45, 7) is 0.0824. The topological polar surface area (TPSA) is 87.9 Å². The summed E-state index contributed by atoms with van der Waals surface area (Å²) < 4.78 is 17.3. The average molecular weight is 488 g/mol. The van der Waals surface area contributed by atoms with Crippen molar-refractivity contribution in [3.05, 3.63) is 123 Å². The minimum atomic E-state index is -0.581. The van der Waals surface area contributed by atoms with Crippen molar-refractivity contribution in [3.63, 3.8) is 0 Å². The van der Waals surface area contributed by atoms with Crippen molar-refractivity contribution in [1.82, 2.24) is 0 Å². The second-order valence-corrected chi connectivity index (χ2v) is 8.24. The molecule has 0 amide bonds. The summed E-state index contributed by atoms with van der Waals surface area (Å²) in [5.74, 6) is 1.12. The molecule has 0 bridgehead atoms. The zero-order chi connectivity index (χ0) is 24.4.